The van der Waals surface area contributed by atoms with Crippen molar-refractivity contribution in [3.63, 3.8) is 0 Å². The molecule has 0 aromatic heterocycles. The summed E-state index contributed by atoms with van der Waals surface area (Å²) < 4.78 is 5.51. The number of esters is 1. The van der Waals surface area contributed by atoms with Gasteiger partial charge < -0.3 is 26.0 Å². The molecule has 9 nitrogen and oxygen atoms in total. The minimum atomic E-state index is -0.963. The SMILES string of the molecule is NC(=O)C(Cc1ccccc1)C[C@H](N)C(=O)N1CCC[C@H]1C(=O)N1CCC[C@H]1C(=O)OCc1ccccc1. The Hall–Kier alpha value is -3.72. The van der Waals surface area contributed by atoms with Crippen molar-refractivity contribution >= 4 is 23.7 Å². The van der Waals surface area contributed by atoms with Gasteiger partial charge in [0.25, 0.3) is 0 Å². The second kappa shape index (κ2) is 12.7. The average molecular weight is 521 g/mol. The fourth-order valence-electron chi connectivity index (χ4n) is 5.40. The van der Waals surface area contributed by atoms with E-state index in [0.29, 0.717) is 45.2 Å². The summed E-state index contributed by atoms with van der Waals surface area (Å²) in [5.41, 5.74) is 13.7. The number of carbonyl (C=O) groups excluding carboxylic acids is 4. The van der Waals surface area contributed by atoms with Crippen molar-refractivity contribution in [2.24, 2.45) is 17.4 Å². The molecule has 3 amide bonds. The van der Waals surface area contributed by atoms with Crippen LogP contribution in [0.2, 0.25) is 0 Å². The van der Waals surface area contributed by atoms with Crippen LogP contribution in [0.25, 0.3) is 0 Å². The molecule has 2 fully saturated rings. The van der Waals surface area contributed by atoms with Crippen LogP contribution in [0.15, 0.2) is 60.7 Å². The number of carbonyl (C=O) groups is 4. The number of hydrogen-bond acceptors (Lipinski definition) is 6. The summed E-state index contributed by atoms with van der Waals surface area (Å²) in [6.45, 7) is 0.986. The normalized spacial score (nSPS) is 20.7. The van der Waals surface area contributed by atoms with Gasteiger partial charge >= 0.3 is 5.97 Å². The third kappa shape index (κ3) is 6.58. The molecule has 0 bridgehead atoms. The maximum Gasteiger partial charge on any atom is 0.329 e. The number of likely N-dealkylation sites (tertiary alicyclic amines) is 2. The predicted molar refractivity (Wildman–Crippen MR) is 141 cm³/mol. The van der Waals surface area contributed by atoms with Crippen LogP contribution >= 0.6 is 0 Å². The summed E-state index contributed by atoms with van der Waals surface area (Å²) in [6.07, 6.45) is 2.87. The van der Waals surface area contributed by atoms with E-state index in [4.69, 9.17) is 16.2 Å². The number of ether oxygens (including phenoxy) is 1. The van der Waals surface area contributed by atoms with Crippen LogP contribution in [-0.4, -0.2) is 64.7 Å². The van der Waals surface area contributed by atoms with Gasteiger partial charge in [-0.15, -0.1) is 0 Å². The van der Waals surface area contributed by atoms with E-state index >= 15 is 0 Å². The minimum absolute atomic E-state index is 0.0959. The second-order valence-corrected chi connectivity index (χ2v) is 10.1. The monoisotopic (exact) mass is 520 g/mol. The van der Waals surface area contributed by atoms with E-state index in [1.54, 1.807) is 4.90 Å². The summed E-state index contributed by atoms with van der Waals surface area (Å²) in [5, 5.41) is 0. The van der Waals surface area contributed by atoms with E-state index in [9.17, 15) is 19.2 Å². The molecular weight excluding hydrogens is 484 g/mol. The Kier molecular flexibility index (Phi) is 9.12. The first-order valence-corrected chi connectivity index (χ1v) is 13.3. The average Bonchev–Trinajstić information content (AvgIpc) is 3.62. The number of hydrogen-bond donors (Lipinski definition) is 2. The summed E-state index contributed by atoms with van der Waals surface area (Å²) in [7, 11) is 0. The van der Waals surface area contributed by atoms with Crippen LogP contribution in [0.4, 0.5) is 0 Å². The van der Waals surface area contributed by atoms with Crippen LogP contribution in [0.5, 0.6) is 0 Å². The number of rotatable bonds is 10. The summed E-state index contributed by atoms with van der Waals surface area (Å²) >= 11 is 0. The van der Waals surface area contributed by atoms with Gasteiger partial charge in [-0.3, -0.25) is 14.4 Å². The largest absolute Gasteiger partial charge is 0.459 e. The van der Waals surface area contributed by atoms with Crippen molar-refractivity contribution in [3.8, 4) is 0 Å². The Bertz CT molecular complexity index is 1130. The summed E-state index contributed by atoms with van der Waals surface area (Å²) in [5.74, 6) is -2.17. The molecule has 0 aliphatic carbocycles. The molecule has 2 aromatic rings. The van der Waals surface area contributed by atoms with E-state index in [1.807, 2.05) is 60.7 Å². The van der Waals surface area contributed by atoms with Crippen LogP contribution in [0.1, 0.15) is 43.2 Å². The van der Waals surface area contributed by atoms with Gasteiger partial charge in [-0.2, -0.15) is 0 Å². The Labute approximate surface area is 223 Å². The number of amides is 3. The molecule has 2 aliphatic heterocycles. The second-order valence-electron chi connectivity index (χ2n) is 10.1. The van der Waals surface area contributed by atoms with Crippen molar-refractivity contribution in [3.05, 3.63) is 71.8 Å². The predicted octanol–water partition coefficient (Wildman–Crippen LogP) is 1.77. The molecule has 2 saturated heterocycles. The lowest BCUT2D eigenvalue weighted by atomic mass is 9.92. The van der Waals surface area contributed by atoms with Crippen LogP contribution < -0.4 is 11.5 Å². The Balaban J connectivity index is 1.37. The lowest BCUT2D eigenvalue weighted by Crippen LogP contribution is -2.54. The zero-order valence-electron chi connectivity index (χ0n) is 21.5. The molecule has 2 heterocycles. The third-order valence-electron chi connectivity index (χ3n) is 7.44. The first-order valence-electron chi connectivity index (χ1n) is 13.3. The molecular formula is C29H36N4O5. The standard InChI is InChI=1S/C29H36N4O5/c30-23(18-22(26(31)34)17-20-9-3-1-4-10-20)27(35)32-15-7-13-24(32)28(36)33-16-8-14-25(33)29(37)38-19-21-11-5-2-6-12-21/h1-6,9-12,22-25H,7-8,13-19,30H2,(H2,31,34)/t22?,23-,24-,25-/m0/s1. The topological polar surface area (TPSA) is 136 Å². The molecule has 0 saturated carbocycles. The fraction of sp³-hybridized carbons (Fsp3) is 0.448. The molecule has 1 unspecified atom stereocenters. The lowest BCUT2D eigenvalue weighted by molar-refractivity contribution is -0.156. The smallest absolute Gasteiger partial charge is 0.329 e. The maximum absolute atomic E-state index is 13.6. The molecule has 9 heteroatoms. The van der Waals surface area contributed by atoms with Gasteiger partial charge in [0.1, 0.15) is 18.7 Å². The molecule has 38 heavy (non-hydrogen) atoms. The number of nitrogens with zero attached hydrogens (tertiary/aromatic N) is 2. The number of benzene rings is 2. The molecule has 4 rings (SSSR count). The van der Waals surface area contributed by atoms with E-state index in [-0.39, 0.29) is 24.8 Å². The Morgan fingerprint density at radius 1 is 0.842 bits per heavy atom. The maximum atomic E-state index is 13.6. The van der Waals surface area contributed by atoms with Crippen LogP contribution in [-0.2, 0) is 36.9 Å². The van der Waals surface area contributed by atoms with Gasteiger partial charge in [0.05, 0.1) is 6.04 Å². The molecule has 2 aromatic carbocycles. The fourth-order valence-corrected chi connectivity index (χ4v) is 5.40. The van der Waals surface area contributed by atoms with Gasteiger partial charge in [0.2, 0.25) is 17.7 Å². The van der Waals surface area contributed by atoms with Crippen LogP contribution in [0, 0.1) is 5.92 Å². The molecule has 202 valence electrons. The highest BCUT2D eigenvalue weighted by Crippen LogP contribution is 2.27. The minimum Gasteiger partial charge on any atom is -0.459 e. The van der Waals surface area contributed by atoms with Crippen molar-refractivity contribution < 1.29 is 23.9 Å². The first-order chi connectivity index (χ1) is 18.3. The quantitative estimate of drug-likeness (QED) is 0.458. The zero-order valence-corrected chi connectivity index (χ0v) is 21.5. The molecule has 4 atom stereocenters. The Morgan fingerprint density at radius 3 is 2.05 bits per heavy atom. The number of nitrogens with two attached hydrogens (primary N) is 2. The van der Waals surface area contributed by atoms with Crippen molar-refractivity contribution in [1.82, 2.24) is 9.80 Å². The molecule has 2 aliphatic rings. The van der Waals surface area contributed by atoms with Gasteiger partial charge in [-0.25, -0.2) is 4.79 Å². The molecule has 4 N–H and O–H groups in total. The highest BCUT2D eigenvalue weighted by Gasteiger charge is 2.43. The van der Waals surface area contributed by atoms with Crippen LogP contribution in [0.3, 0.4) is 0 Å². The van der Waals surface area contributed by atoms with E-state index < -0.39 is 35.9 Å². The number of primary amides is 1. The van der Waals surface area contributed by atoms with E-state index in [1.165, 1.54) is 4.90 Å². The lowest BCUT2D eigenvalue weighted by Gasteiger charge is -2.32. The van der Waals surface area contributed by atoms with E-state index in [2.05, 4.69) is 0 Å². The molecule has 0 radical (unpaired) electrons. The van der Waals surface area contributed by atoms with Gasteiger partial charge in [-0.05, 0) is 49.7 Å². The van der Waals surface area contributed by atoms with Gasteiger partial charge in [0, 0.05) is 19.0 Å². The first kappa shape index (κ1) is 27.3. The van der Waals surface area contributed by atoms with Crippen molar-refractivity contribution in [1.29, 1.82) is 0 Å². The van der Waals surface area contributed by atoms with Gasteiger partial charge in [0.15, 0.2) is 0 Å². The van der Waals surface area contributed by atoms with E-state index in [0.717, 1.165) is 11.1 Å². The van der Waals surface area contributed by atoms with Crippen molar-refractivity contribution in [2.45, 2.75) is 63.3 Å². The summed E-state index contributed by atoms with van der Waals surface area (Å²) in [4.78, 5) is 54.9. The van der Waals surface area contributed by atoms with Gasteiger partial charge in [-0.1, -0.05) is 60.7 Å². The summed E-state index contributed by atoms with van der Waals surface area (Å²) in [6, 6.07) is 16.5. The third-order valence-corrected chi connectivity index (χ3v) is 7.44. The highest BCUT2D eigenvalue weighted by molar-refractivity contribution is 5.93. The molecule has 0 spiro atoms. The zero-order chi connectivity index (χ0) is 27.1. The van der Waals surface area contributed by atoms with Crippen molar-refractivity contribution in [2.75, 3.05) is 13.1 Å². The highest BCUT2D eigenvalue weighted by atomic mass is 16.5. The Morgan fingerprint density at radius 2 is 1.42 bits per heavy atom.